The van der Waals surface area contributed by atoms with Crippen molar-refractivity contribution in [2.45, 2.75) is 39.3 Å². The monoisotopic (exact) mass is 368 g/mol. The number of halogens is 2. The van der Waals surface area contributed by atoms with Gasteiger partial charge in [0.05, 0.1) is 23.9 Å². The summed E-state index contributed by atoms with van der Waals surface area (Å²) in [6.45, 7) is 5.93. The highest BCUT2D eigenvalue weighted by atomic mass is 19.2. The van der Waals surface area contributed by atoms with E-state index in [1.807, 2.05) is 19.2 Å². The van der Waals surface area contributed by atoms with E-state index >= 15 is 0 Å². The zero-order chi connectivity index (χ0) is 19.3. The van der Waals surface area contributed by atoms with E-state index < -0.39 is 23.6 Å². The van der Waals surface area contributed by atoms with Crippen LogP contribution in [-0.2, 0) is 9.53 Å². The van der Waals surface area contributed by atoms with Gasteiger partial charge in [0, 0.05) is 5.56 Å². The molecule has 0 saturated heterocycles. The molecule has 0 radical (unpaired) electrons. The lowest BCUT2D eigenvalue weighted by molar-refractivity contribution is -0.686. The molecule has 142 valence electrons. The number of hydrogen-bond donors (Lipinski definition) is 3. The highest BCUT2D eigenvalue weighted by Gasteiger charge is 2.32. The van der Waals surface area contributed by atoms with Gasteiger partial charge in [-0.05, 0) is 38.5 Å². The van der Waals surface area contributed by atoms with Gasteiger partial charge >= 0.3 is 12.0 Å². The summed E-state index contributed by atoms with van der Waals surface area (Å²) >= 11 is 0. The van der Waals surface area contributed by atoms with Gasteiger partial charge in [-0.1, -0.05) is 6.92 Å². The highest BCUT2D eigenvalue weighted by Crippen LogP contribution is 2.17. The number of carbonyl (C=O) groups is 2. The van der Waals surface area contributed by atoms with Crippen molar-refractivity contribution in [3.63, 3.8) is 0 Å². The van der Waals surface area contributed by atoms with Crippen LogP contribution in [0.2, 0.25) is 0 Å². The summed E-state index contributed by atoms with van der Waals surface area (Å²) < 4.78 is 31.6. The number of hydrogen-bond acceptors (Lipinski definition) is 3. The number of rotatable bonds is 7. The van der Waals surface area contributed by atoms with E-state index in [0.717, 1.165) is 12.1 Å². The Bertz CT molecular complexity index is 722. The summed E-state index contributed by atoms with van der Waals surface area (Å²) in [5.74, 6) is -2.28. The fraction of sp³-hybridized carbons (Fsp3) is 0.444. The van der Waals surface area contributed by atoms with Crippen LogP contribution < -0.4 is 16.0 Å². The Morgan fingerprint density at radius 1 is 1.31 bits per heavy atom. The minimum atomic E-state index is -0.907. The molecule has 26 heavy (non-hydrogen) atoms. The number of nitrogens with two attached hydrogens (primary N) is 1. The Morgan fingerprint density at radius 3 is 2.65 bits per heavy atom. The summed E-state index contributed by atoms with van der Waals surface area (Å²) in [4.78, 5) is 24.2. The Kier molecular flexibility index (Phi) is 6.68. The summed E-state index contributed by atoms with van der Waals surface area (Å²) in [6.07, 6.45) is 0.545. The maximum atomic E-state index is 13.4. The van der Waals surface area contributed by atoms with Crippen molar-refractivity contribution in [2.75, 3.05) is 13.2 Å². The zero-order valence-corrected chi connectivity index (χ0v) is 15.1. The first kappa shape index (κ1) is 19.8. The van der Waals surface area contributed by atoms with Crippen LogP contribution in [0.5, 0.6) is 0 Å². The minimum Gasteiger partial charge on any atom is -0.463 e. The molecule has 4 N–H and O–H groups in total. The lowest BCUT2D eigenvalue weighted by Crippen LogP contribution is -2.86. The topological polar surface area (TPSA) is 84.0 Å². The lowest BCUT2D eigenvalue weighted by Gasteiger charge is -2.28. The predicted molar refractivity (Wildman–Crippen MR) is 91.0 cm³/mol. The smallest absolute Gasteiger partial charge is 0.338 e. The largest absolute Gasteiger partial charge is 0.463 e. The van der Waals surface area contributed by atoms with Crippen molar-refractivity contribution in [1.82, 2.24) is 10.6 Å². The average Bonchev–Trinajstić information content (AvgIpc) is 2.61. The van der Waals surface area contributed by atoms with Gasteiger partial charge in [0.15, 0.2) is 11.6 Å². The van der Waals surface area contributed by atoms with E-state index in [1.54, 1.807) is 6.92 Å². The van der Waals surface area contributed by atoms with Gasteiger partial charge in [0.25, 0.3) is 0 Å². The van der Waals surface area contributed by atoms with E-state index in [-0.39, 0.29) is 25.2 Å². The normalized spacial score (nSPS) is 18.2. The molecule has 0 bridgehead atoms. The number of urea groups is 1. The lowest BCUT2D eigenvalue weighted by atomic mass is 10.00. The number of esters is 1. The van der Waals surface area contributed by atoms with Gasteiger partial charge in [-0.3, -0.25) is 0 Å². The fourth-order valence-corrected chi connectivity index (χ4v) is 2.85. The maximum absolute atomic E-state index is 13.4. The molecule has 2 rings (SSSR count). The highest BCUT2D eigenvalue weighted by molar-refractivity contribution is 5.94. The third kappa shape index (κ3) is 4.57. The SMILES string of the molecule is CCOC(=O)C1=C(C[NH2+][C@H](C)c2ccc(F)c(F)c2)NC(=O)N[C@@H]1CC. The molecule has 0 fully saturated rings. The van der Waals surface area contributed by atoms with Crippen LogP contribution in [0.25, 0.3) is 0 Å². The Hall–Kier alpha value is -2.48. The first-order valence-corrected chi connectivity index (χ1v) is 8.63. The summed E-state index contributed by atoms with van der Waals surface area (Å²) in [6, 6.07) is 2.73. The average molecular weight is 368 g/mol. The third-order valence-corrected chi connectivity index (χ3v) is 4.29. The van der Waals surface area contributed by atoms with Crippen molar-refractivity contribution in [3.05, 3.63) is 46.7 Å². The zero-order valence-electron chi connectivity index (χ0n) is 15.1. The second-order valence-electron chi connectivity index (χ2n) is 6.07. The van der Waals surface area contributed by atoms with Crippen molar-refractivity contribution in [2.24, 2.45) is 0 Å². The van der Waals surface area contributed by atoms with E-state index in [4.69, 9.17) is 4.74 Å². The quantitative estimate of drug-likeness (QED) is 0.638. The molecule has 6 nitrogen and oxygen atoms in total. The Balaban J connectivity index is 2.20. The van der Waals surface area contributed by atoms with Crippen LogP contribution in [0.4, 0.5) is 13.6 Å². The van der Waals surface area contributed by atoms with E-state index in [2.05, 4.69) is 10.6 Å². The minimum absolute atomic E-state index is 0.201. The molecule has 2 atom stereocenters. The first-order valence-electron chi connectivity index (χ1n) is 8.63. The molecule has 0 aliphatic carbocycles. The summed E-state index contributed by atoms with van der Waals surface area (Å²) in [7, 11) is 0. The Morgan fingerprint density at radius 2 is 2.04 bits per heavy atom. The molecule has 8 heteroatoms. The van der Waals surface area contributed by atoms with E-state index in [0.29, 0.717) is 23.3 Å². The molecule has 1 aliphatic rings. The number of carbonyl (C=O) groups excluding carboxylic acids is 2. The van der Waals surface area contributed by atoms with Gasteiger partial charge in [-0.25, -0.2) is 18.4 Å². The van der Waals surface area contributed by atoms with Crippen LogP contribution in [0.3, 0.4) is 0 Å². The van der Waals surface area contributed by atoms with Crippen LogP contribution >= 0.6 is 0 Å². The molecule has 1 heterocycles. The van der Waals surface area contributed by atoms with Crippen molar-refractivity contribution < 1.29 is 28.4 Å². The second-order valence-corrected chi connectivity index (χ2v) is 6.07. The summed E-state index contributed by atoms with van der Waals surface area (Å²) in [5, 5.41) is 7.20. The van der Waals surface area contributed by atoms with Crippen molar-refractivity contribution in [3.8, 4) is 0 Å². The van der Waals surface area contributed by atoms with Gasteiger partial charge in [-0.2, -0.15) is 0 Å². The molecule has 2 amide bonds. The molecule has 0 spiro atoms. The summed E-state index contributed by atoms with van der Waals surface area (Å²) in [5.41, 5.74) is 1.46. The number of nitrogens with one attached hydrogen (secondary N) is 2. The van der Waals surface area contributed by atoms with Crippen LogP contribution in [0.15, 0.2) is 29.5 Å². The van der Waals surface area contributed by atoms with Crippen LogP contribution in [0, 0.1) is 11.6 Å². The predicted octanol–water partition coefficient (Wildman–Crippen LogP) is 1.50. The number of amides is 2. The van der Waals surface area contributed by atoms with Gasteiger partial charge in [-0.15, -0.1) is 0 Å². The van der Waals surface area contributed by atoms with Gasteiger partial charge in [0.2, 0.25) is 0 Å². The Labute approximate surface area is 151 Å². The van der Waals surface area contributed by atoms with Crippen molar-refractivity contribution >= 4 is 12.0 Å². The number of ether oxygens (including phenoxy) is 1. The van der Waals surface area contributed by atoms with E-state index in [9.17, 15) is 18.4 Å². The third-order valence-electron chi connectivity index (χ3n) is 4.29. The standard InChI is InChI=1S/C18H23F2N3O3/c1-4-14-16(17(24)26-5-2)15(23-18(25)22-14)9-21-10(3)11-6-7-12(19)13(20)8-11/h6-8,10,14,21H,4-5,9H2,1-3H3,(H2,22,23,25)/p+1/t10-,14-/m1/s1. The second kappa shape index (κ2) is 8.75. The molecule has 1 aliphatic heterocycles. The van der Waals surface area contributed by atoms with Crippen molar-refractivity contribution in [1.29, 1.82) is 0 Å². The fourth-order valence-electron chi connectivity index (χ4n) is 2.85. The van der Waals surface area contributed by atoms with Gasteiger partial charge in [0.1, 0.15) is 12.6 Å². The van der Waals surface area contributed by atoms with Gasteiger partial charge < -0.3 is 20.7 Å². The molecule has 1 aromatic carbocycles. The first-order chi connectivity index (χ1) is 12.4. The van der Waals surface area contributed by atoms with Crippen LogP contribution in [0.1, 0.15) is 38.8 Å². The van der Waals surface area contributed by atoms with E-state index in [1.165, 1.54) is 6.07 Å². The molecule has 0 unspecified atom stereocenters. The molecular weight excluding hydrogens is 344 g/mol. The number of quaternary nitrogens is 1. The molecule has 0 aromatic heterocycles. The number of benzene rings is 1. The molecule has 1 aromatic rings. The molecule has 0 saturated carbocycles. The molecular formula is C18H24F2N3O3+. The van der Waals surface area contributed by atoms with Crippen LogP contribution in [-0.4, -0.2) is 31.2 Å². The maximum Gasteiger partial charge on any atom is 0.338 e.